The van der Waals surface area contributed by atoms with E-state index in [1.54, 1.807) is 12.1 Å². The van der Waals surface area contributed by atoms with Crippen molar-refractivity contribution in [1.29, 1.82) is 0 Å². The first-order valence-corrected chi connectivity index (χ1v) is 5.14. The molecule has 1 rings (SSSR count). The molecule has 4 nitrogen and oxygen atoms in total. The normalized spacial score (nSPS) is 12.4. The van der Waals surface area contributed by atoms with Crippen molar-refractivity contribution >= 4 is 0 Å². The second-order valence-electron chi connectivity index (χ2n) is 3.18. The largest absolute Gasteiger partial charge is 0.488 e. The number of aliphatic hydroxyl groups is 1. The van der Waals surface area contributed by atoms with Gasteiger partial charge in [-0.1, -0.05) is 12.1 Å². The molecule has 1 aromatic carbocycles. The lowest BCUT2D eigenvalue weighted by atomic mass is 10.3. The van der Waals surface area contributed by atoms with Crippen LogP contribution in [0.15, 0.2) is 24.3 Å². The van der Waals surface area contributed by atoms with Gasteiger partial charge in [-0.15, -0.1) is 0 Å². The predicted octanol–water partition coefficient (Wildman–Crippen LogP) is 1.11. The molecule has 0 saturated carbocycles. The Kier molecular flexibility index (Phi) is 5.77. The molecule has 0 heterocycles. The Morgan fingerprint density at radius 2 is 2.19 bits per heavy atom. The molecule has 0 spiro atoms. The third-order valence-corrected chi connectivity index (χ3v) is 1.83. The van der Waals surface area contributed by atoms with Crippen LogP contribution in [0.3, 0.4) is 0 Å². The van der Waals surface area contributed by atoms with Crippen LogP contribution >= 0.6 is 0 Å². The number of aliphatic hydroxyl groups excluding tert-OH is 1. The van der Waals surface area contributed by atoms with Crippen LogP contribution in [0, 0.1) is 5.82 Å². The molecule has 0 aliphatic carbocycles. The van der Waals surface area contributed by atoms with Gasteiger partial charge in [0.05, 0.1) is 13.2 Å². The summed E-state index contributed by atoms with van der Waals surface area (Å²) >= 11 is 0. The minimum absolute atomic E-state index is 0.0149. The summed E-state index contributed by atoms with van der Waals surface area (Å²) in [6, 6.07) is 6.07. The summed E-state index contributed by atoms with van der Waals surface area (Å²) in [7, 11) is 0. The molecule has 0 saturated heterocycles. The van der Waals surface area contributed by atoms with Crippen LogP contribution < -0.4 is 10.2 Å². The van der Waals surface area contributed by atoms with Crippen LogP contribution in [0.2, 0.25) is 0 Å². The summed E-state index contributed by atoms with van der Waals surface area (Å²) in [6.45, 7) is 2.60. The van der Waals surface area contributed by atoms with E-state index in [0.717, 1.165) is 0 Å². The number of hydroxylamine groups is 1. The first kappa shape index (κ1) is 12.9. The van der Waals surface area contributed by atoms with Gasteiger partial charge in [-0.05, 0) is 19.1 Å². The van der Waals surface area contributed by atoms with Crippen molar-refractivity contribution in [2.24, 2.45) is 0 Å². The van der Waals surface area contributed by atoms with Crippen molar-refractivity contribution in [3.05, 3.63) is 30.1 Å². The molecule has 90 valence electrons. The van der Waals surface area contributed by atoms with Crippen LogP contribution in [0.1, 0.15) is 6.92 Å². The summed E-state index contributed by atoms with van der Waals surface area (Å²) in [4.78, 5) is 4.84. The minimum atomic E-state index is -0.744. The van der Waals surface area contributed by atoms with Crippen molar-refractivity contribution in [3.63, 3.8) is 0 Å². The van der Waals surface area contributed by atoms with E-state index >= 15 is 0 Å². The molecule has 0 fully saturated rings. The van der Waals surface area contributed by atoms with E-state index in [1.807, 2.05) is 6.92 Å². The van der Waals surface area contributed by atoms with Crippen LogP contribution in [-0.4, -0.2) is 31.0 Å². The van der Waals surface area contributed by atoms with Gasteiger partial charge in [-0.2, -0.15) is 5.48 Å². The number of hydrogen-bond acceptors (Lipinski definition) is 4. The highest BCUT2D eigenvalue weighted by molar-refractivity contribution is 5.23. The van der Waals surface area contributed by atoms with Gasteiger partial charge in [-0.25, -0.2) is 4.39 Å². The van der Waals surface area contributed by atoms with E-state index in [4.69, 9.17) is 9.57 Å². The van der Waals surface area contributed by atoms with Crippen LogP contribution in [0.5, 0.6) is 5.75 Å². The summed E-state index contributed by atoms with van der Waals surface area (Å²) in [5, 5.41) is 9.44. The SMILES string of the molecule is CCONCC(O)COc1ccccc1F. The van der Waals surface area contributed by atoms with Gasteiger partial charge in [0.1, 0.15) is 12.7 Å². The van der Waals surface area contributed by atoms with Crippen molar-refractivity contribution < 1.29 is 19.1 Å². The fraction of sp³-hybridized carbons (Fsp3) is 0.455. The molecule has 1 aromatic rings. The molecule has 2 N–H and O–H groups in total. The van der Waals surface area contributed by atoms with Crippen LogP contribution in [0.4, 0.5) is 4.39 Å². The first-order chi connectivity index (χ1) is 7.74. The molecule has 1 unspecified atom stereocenters. The monoisotopic (exact) mass is 229 g/mol. The summed E-state index contributed by atoms with van der Waals surface area (Å²) < 4.78 is 18.2. The first-order valence-electron chi connectivity index (χ1n) is 5.14. The topological polar surface area (TPSA) is 50.7 Å². The minimum Gasteiger partial charge on any atom is -0.488 e. The quantitative estimate of drug-likeness (QED) is 0.543. The molecule has 0 bridgehead atoms. The molecule has 0 aliphatic rings. The van der Waals surface area contributed by atoms with Gasteiger partial charge in [-0.3, -0.25) is 0 Å². The van der Waals surface area contributed by atoms with Gasteiger partial charge in [0, 0.05) is 0 Å². The van der Waals surface area contributed by atoms with E-state index in [1.165, 1.54) is 12.1 Å². The van der Waals surface area contributed by atoms with E-state index in [-0.39, 0.29) is 18.9 Å². The Hall–Kier alpha value is -1.17. The number of ether oxygens (including phenoxy) is 1. The molecule has 0 aromatic heterocycles. The lowest BCUT2D eigenvalue weighted by molar-refractivity contribution is 0.00912. The van der Waals surface area contributed by atoms with Crippen molar-refractivity contribution in [1.82, 2.24) is 5.48 Å². The van der Waals surface area contributed by atoms with Gasteiger partial charge in [0.25, 0.3) is 0 Å². The van der Waals surface area contributed by atoms with Crippen LogP contribution in [0.25, 0.3) is 0 Å². The zero-order valence-electron chi connectivity index (χ0n) is 9.15. The molecular weight excluding hydrogens is 213 g/mol. The Balaban J connectivity index is 2.26. The average molecular weight is 229 g/mol. The fourth-order valence-electron chi connectivity index (χ4n) is 1.06. The Morgan fingerprint density at radius 3 is 2.88 bits per heavy atom. The lowest BCUT2D eigenvalue weighted by Crippen LogP contribution is -2.31. The predicted molar refractivity (Wildman–Crippen MR) is 57.5 cm³/mol. The van der Waals surface area contributed by atoms with Gasteiger partial charge in [0.15, 0.2) is 11.6 Å². The molecule has 0 amide bonds. The maximum Gasteiger partial charge on any atom is 0.165 e. The third-order valence-electron chi connectivity index (χ3n) is 1.83. The molecule has 16 heavy (non-hydrogen) atoms. The van der Waals surface area contributed by atoms with Gasteiger partial charge < -0.3 is 14.7 Å². The van der Waals surface area contributed by atoms with E-state index < -0.39 is 11.9 Å². The number of rotatable bonds is 7. The van der Waals surface area contributed by atoms with Crippen molar-refractivity contribution in [3.8, 4) is 5.75 Å². The van der Waals surface area contributed by atoms with Crippen molar-refractivity contribution in [2.45, 2.75) is 13.0 Å². The molecule has 0 aliphatic heterocycles. The number of nitrogens with one attached hydrogen (secondary N) is 1. The molecule has 5 heteroatoms. The number of benzene rings is 1. The highest BCUT2D eigenvalue weighted by Gasteiger charge is 2.07. The number of para-hydroxylation sites is 1. The Morgan fingerprint density at radius 1 is 1.44 bits per heavy atom. The number of halogens is 1. The average Bonchev–Trinajstić information content (AvgIpc) is 2.28. The van der Waals surface area contributed by atoms with Gasteiger partial charge >= 0.3 is 0 Å². The van der Waals surface area contributed by atoms with Crippen LogP contribution in [-0.2, 0) is 4.84 Å². The number of hydrogen-bond donors (Lipinski definition) is 2. The second kappa shape index (κ2) is 7.16. The maximum atomic E-state index is 13.1. The second-order valence-corrected chi connectivity index (χ2v) is 3.18. The highest BCUT2D eigenvalue weighted by Crippen LogP contribution is 2.15. The third kappa shape index (κ3) is 4.57. The van der Waals surface area contributed by atoms with Crippen molar-refractivity contribution in [2.75, 3.05) is 19.8 Å². The molecular formula is C11H16FNO3. The standard InChI is InChI=1S/C11H16FNO3/c1-2-16-13-7-9(14)8-15-11-6-4-3-5-10(11)12/h3-6,9,13-14H,2,7-8H2,1H3. The van der Waals surface area contributed by atoms with Gasteiger partial charge in [0.2, 0.25) is 0 Å². The summed E-state index contributed by atoms with van der Waals surface area (Å²) in [5.41, 5.74) is 2.56. The molecule has 1 atom stereocenters. The lowest BCUT2D eigenvalue weighted by Gasteiger charge is -2.13. The Labute approximate surface area is 93.9 Å². The molecule has 0 radical (unpaired) electrons. The zero-order chi connectivity index (χ0) is 11.8. The van der Waals surface area contributed by atoms with E-state index in [2.05, 4.69) is 5.48 Å². The van der Waals surface area contributed by atoms with E-state index in [0.29, 0.717) is 6.61 Å². The van der Waals surface area contributed by atoms with E-state index in [9.17, 15) is 9.50 Å². The summed E-state index contributed by atoms with van der Waals surface area (Å²) in [5.74, 6) is -0.301. The highest BCUT2D eigenvalue weighted by atomic mass is 19.1. The Bertz CT molecular complexity index is 309. The maximum absolute atomic E-state index is 13.1. The smallest absolute Gasteiger partial charge is 0.165 e. The fourth-order valence-corrected chi connectivity index (χ4v) is 1.06. The zero-order valence-corrected chi connectivity index (χ0v) is 9.15. The summed E-state index contributed by atoms with van der Waals surface area (Å²) in [6.07, 6.45) is -0.744.